The van der Waals surface area contributed by atoms with Crippen molar-refractivity contribution in [3.05, 3.63) is 60.5 Å². The number of rotatable bonds is 11. The summed E-state index contributed by atoms with van der Waals surface area (Å²) < 4.78 is 19.1. The molecule has 162 valence electrons. The van der Waals surface area contributed by atoms with Crippen molar-refractivity contribution in [1.29, 1.82) is 0 Å². The second-order valence-electron chi connectivity index (χ2n) is 6.73. The molecule has 2 amide bonds. The van der Waals surface area contributed by atoms with E-state index in [9.17, 15) is 18.8 Å². The number of methoxy groups -OCH3 is 1. The summed E-state index contributed by atoms with van der Waals surface area (Å²) in [7, 11) is 1.33. The van der Waals surface area contributed by atoms with Gasteiger partial charge < -0.3 is 15.0 Å². The standard InChI is InChI=1S/C23H29FN2O4/c1-5-6-7-8-9-10-14-26(16-18(3)27)23(29)17(2)15-21(28)25-19-12-11-13-20(30-4)22(19)24/h5-13,17H,14-16H2,1-4H3,(H,25,28)/b6-5-,8-7-,10-9+. The molecule has 0 aliphatic rings. The minimum Gasteiger partial charge on any atom is -0.494 e. The van der Waals surface area contributed by atoms with E-state index in [0.29, 0.717) is 0 Å². The van der Waals surface area contributed by atoms with Gasteiger partial charge in [0.15, 0.2) is 11.6 Å². The third-order valence-corrected chi connectivity index (χ3v) is 4.08. The minimum atomic E-state index is -0.679. The third-order valence-electron chi connectivity index (χ3n) is 4.08. The highest BCUT2D eigenvalue weighted by Crippen LogP contribution is 2.24. The van der Waals surface area contributed by atoms with Gasteiger partial charge in [0.05, 0.1) is 19.3 Å². The minimum absolute atomic E-state index is 0.0137. The van der Waals surface area contributed by atoms with E-state index in [0.717, 1.165) is 0 Å². The lowest BCUT2D eigenvalue weighted by Gasteiger charge is -2.23. The van der Waals surface area contributed by atoms with Crippen molar-refractivity contribution in [2.24, 2.45) is 5.92 Å². The topological polar surface area (TPSA) is 75.7 Å². The second-order valence-corrected chi connectivity index (χ2v) is 6.73. The van der Waals surface area contributed by atoms with Gasteiger partial charge in [0.1, 0.15) is 5.78 Å². The van der Waals surface area contributed by atoms with Gasteiger partial charge in [-0.25, -0.2) is 4.39 Å². The average molecular weight is 416 g/mol. The largest absolute Gasteiger partial charge is 0.494 e. The normalized spacial score (nSPS) is 12.4. The van der Waals surface area contributed by atoms with Crippen LogP contribution in [0.4, 0.5) is 10.1 Å². The maximum Gasteiger partial charge on any atom is 0.226 e. The van der Waals surface area contributed by atoms with Gasteiger partial charge in [0.2, 0.25) is 11.8 Å². The molecule has 1 rings (SSSR count). The summed E-state index contributed by atoms with van der Waals surface area (Å²) in [5.74, 6) is -2.33. The van der Waals surface area contributed by atoms with Crippen molar-refractivity contribution < 1.29 is 23.5 Å². The van der Waals surface area contributed by atoms with Crippen LogP contribution in [0.25, 0.3) is 0 Å². The Morgan fingerprint density at radius 3 is 2.53 bits per heavy atom. The third kappa shape index (κ3) is 8.43. The molecule has 0 aromatic heterocycles. The first-order valence-corrected chi connectivity index (χ1v) is 9.65. The maximum absolute atomic E-state index is 14.2. The van der Waals surface area contributed by atoms with Crippen LogP contribution in [0.1, 0.15) is 27.2 Å². The highest BCUT2D eigenvalue weighted by molar-refractivity contribution is 5.95. The predicted octanol–water partition coefficient (Wildman–Crippen LogP) is 3.91. The molecule has 1 unspecified atom stereocenters. The van der Waals surface area contributed by atoms with Gasteiger partial charge in [-0.1, -0.05) is 49.4 Å². The van der Waals surface area contributed by atoms with Crippen molar-refractivity contribution in [3.63, 3.8) is 0 Å². The molecule has 6 nitrogen and oxygen atoms in total. The van der Waals surface area contributed by atoms with Crippen LogP contribution in [-0.4, -0.2) is 42.7 Å². The Labute approximate surface area is 177 Å². The van der Waals surface area contributed by atoms with Crippen molar-refractivity contribution in [3.8, 4) is 5.75 Å². The fraction of sp³-hybridized carbons (Fsp3) is 0.348. The van der Waals surface area contributed by atoms with Crippen molar-refractivity contribution in [1.82, 2.24) is 4.90 Å². The molecule has 0 fully saturated rings. The summed E-state index contributed by atoms with van der Waals surface area (Å²) in [6, 6.07) is 4.41. The summed E-state index contributed by atoms with van der Waals surface area (Å²) in [6.45, 7) is 5.11. The average Bonchev–Trinajstić information content (AvgIpc) is 2.70. The Morgan fingerprint density at radius 1 is 1.20 bits per heavy atom. The van der Waals surface area contributed by atoms with Gasteiger partial charge in [-0.05, 0) is 26.0 Å². The predicted molar refractivity (Wildman–Crippen MR) is 116 cm³/mol. The molecule has 0 heterocycles. The molecular formula is C23H29FN2O4. The molecular weight excluding hydrogens is 387 g/mol. The molecule has 0 saturated carbocycles. The Balaban J connectivity index is 2.75. The fourth-order valence-corrected chi connectivity index (χ4v) is 2.65. The molecule has 1 aromatic carbocycles. The number of hydrogen-bond acceptors (Lipinski definition) is 4. The number of hydrogen-bond donors (Lipinski definition) is 1. The Kier molecular flexibility index (Phi) is 10.8. The Hall–Kier alpha value is -3.22. The fourth-order valence-electron chi connectivity index (χ4n) is 2.65. The van der Waals surface area contributed by atoms with E-state index >= 15 is 0 Å². The van der Waals surface area contributed by atoms with Gasteiger partial charge in [-0.3, -0.25) is 14.4 Å². The molecule has 30 heavy (non-hydrogen) atoms. The van der Waals surface area contributed by atoms with Gasteiger partial charge in [0.25, 0.3) is 0 Å². The molecule has 0 aliphatic carbocycles. The lowest BCUT2D eigenvalue weighted by Crippen LogP contribution is -2.39. The van der Waals surface area contributed by atoms with Crippen LogP contribution < -0.4 is 10.1 Å². The zero-order chi connectivity index (χ0) is 22.5. The van der Waals surface area contributed by atoms with E-state index in [1.54, 1.807) is 25.1 Å². The Bertz CT molecular complexity index is 830. The monoisotopic (exact) mass is 416 g/mol. The van der Waals surface area contributed by atoms with Gasteiger partial charge in [-0.2, -0.15) is 0 Å². The number of Topliss-reactive ketones (excluding diaryl/α,β-unsaturated/α-hetero) is 1. The van der Waals surface area contributed by atoms with E-state index in [1.807, 2.05) is 31.2 Å². The van der Waals surface area contributed by atoms with Crippen molar-refractivity contribution in [2.45, 2.75) is 27.2 Å². The van der Waals surface area contributed by atoms with E-state index in [2.05, 4.69) is 5.32 Å². The van der Waals surface area contributed by atoms with Gasteiger partial charge in [-0.15, -0.1) is 0 Å². The molecule has 0 spiro atoms. The lowest BCUT2D eigenvalue weighted by atomic mass is 10.1. The van der Waals surface area contributed by atoms with Gasteiger partial charge in [0, 0.05) is 18.9 Å². The number of ether oxygens (including phenoxy) is 1. The summed E-state index contributed by atoms with van der Waals surface area (Å²) in [4.78, 5) is 38.0. The number of benzene rings is 1. The molecule has 1 N–H and O–H groups in total. The number of carbonyl (C=O) groups excluding carboxylic acids is 3. The van der Waals surface area contributed by atoms with Crippen molar-refractivity contribution >= 4 is 23.3 Å². The second kappa shape index (κ2) is 13.1. The van der Waals surface area contributed by atoms with Crippen LogP contribution in [0, 0.1) is 11.7 Å². The smallest absolute Gasteiger partial charge is 0.226 e. The first-order valence-electron chi connectivity index (χ1n) is 9.65. The number of nitrogens with one attached hydrogen (secondary N) is 1. The van der Waals surface area contributed by atoms with Crippen LogP contribution in [0.5, 0.6) is 5.75 Å². The number of carbonyl (C=O) groups is 3. The number of ketones is 1. The first kappa shape index (κ1) is 24.8. The molecule has 7 heteroatoms. The highest BCUT2D eigenvalue weighted by atomic mass is 19.1. The summed E-state index contributed by atoms with van der Waals surface area (Å²) in [5, 5.41) is 2.46. The molecule has 0 aliphatic heterocycles. The lowest BCUT2D eigenvalue weighted by molar-refractivity contribution is -0.138. The van der Waals surface area contributed by atoms with Crippen LogP contribution in [0.15, 0.2) is 54.7 Å². The zero-order valence-corrected chi connectivity index (χ0v) is 17.9. The number of nitrogens with zero attached hydrogens (tertiary/aromatic N) is 1. The van der Waals surface area contributed by atoms with Crippen LogP contribution in [-0.2, 0) is 14.4 Å². The zero-order valence-electron chi connectivity index (χ0n) is 17.9. The maximum atomic E-state index is 14.2. The van der Waals surface area contributed by atoms with Gasteiger partial charge >= 0.3 is 0 Å². The number of amides is 2. The first-order chi connectivity index (χ1) is 14.3. The van der Waals surface area contributed by atoms with E-state index in [4.69, 9.17) is 4.74 Å². The summed E-state index contributed by atoms with van der Waals surface area (Å²) >= 11 is 0. The number of allylic oxidation sites excluding steroid dienone is 5. The van der Waals surface area contributed by atoms with Crippen molar-refractivity contribution in [2.75, 3.05) is 25.5 Å². The van der Waals surface area contributed by atoms with E-state index in [1.165, 1.54) is 31.1 Å². The molecule has 1 atom stereocenters. The molecule has 0 bridgehead atoms. The number of halogens is 1. The molecule has 0 radical (unpaired) electrons. The van der Waals surface area contributed by atoms with Crippen LogP contribution in [0.2, 0.25) is 0 Å². The SMILES string of the molecule is C\C=C/C=C\C=C\CN(CC(C)=O)C(=O)C(C)CC(=O)Nc1cccc(OC)c1F. The van der Waals surface area contributed by atoms with E-state index in [-0.39, 0.29) is 42.6 Å². The van der Waals surface area contributed by atoms with E-state index < -0.39 is 17.6 Å². The summed E-state index contributed by atoms with van der Waals surface area (Å²) in [6.07, 6.45) is 10.8. The Morgan fingerprint density at radius 2 is 1.90 bits per heavy atom. The van der Waals surface area contributed by atoms with Crippen LogP contribution in [0.3, 0.4) is 0 Å². The summed E-state index contributed by atoms with van der Waals surface area (Å²) in [5.41, 5.74) is -0.0181. The number of anilines is 1. The highest BCUT2D eigenvalue weighted by Gasteiger charge is 2.23. The molecule has 0 saturated heterocycles. The quantitative estimate of drug-likeness (QED) is 0.555. The van der Waals surface area contributed by atoms with Crippen LogP contribution >= 0.6 is 0 Å². The molecule has 1 aromatic rings.